The van der Waals surface area contributed by atoms with Gasteiger partial charge in [-0.25, -0.2) is 9.78 Å². The lowest BCUT2D eigenvalue weighted by atomic mass is 10.2. The third-order valence-electron chi connectivity index (χ3n) is 4.48. The number of thioether (sulfide) groups is 1. The molecule has 0 saturated carbocycles. The Bertz CT molecular complexity index is 1290. The number of rotatable bonds is 7. The molecule has 0 fully saturated rings. The van der Waals surface area contributed by atoms with Crippen LogP contribution in [0.3, 0.4) is 0 Å². The summed E-state index contributed by atoms with van der Waals surface area (Å²) in [6.07, 6.45) is 4.83. The highest BCUT2D eigenvalue weighted by molar-refractivity contribution is 7.99. The molecule has 32 heavy (non-hydrogen) atoms. The topological polar surface area (TPSA) is 119 Å². The van der Waals surface area contributed by atoms with Gasteiger partial charge in [0.15, 0.2) is 5.16 Å². The van der Waals surface area contributed by atoms with Crippen molar-refractivity contribution in [3.63, 3.8) is 0 Å². The van der Waals surface area contributed by atoms with Crippen LogP contribution >= 0.6 is 11.8 Å². The Kier molecular flexibility index (Phi) is 6.61. The van der Waals surface area contributed by atoms with Crippen LogP contribution in [0.5, 0.6) is 0 Å². The molecular formula is C22H19N5O4S. The number of hydrogen-bond donors (Lipinski definition) is 2. The van der Waals surface area contributed by atoms with Crippen LogP contribution in [0.4, 0.5) is 4.79 Å². The Morgan fingerprint density at radius 2 is 1.97 bits per heavy atom. The molecule has 0 aliphatic carbocycles. The highest BCUT2D eigenvalue weighted by Crippen LogP contribution is 2.18. The van der Waals surface area contributed by atoms with E-state index < -0.39 is 11.9 Å². The first-order chi connectivity index (χ1) is 15.6. The van der Waals surface area contributed by atoms with Gasteiger partial charge in [0.25, 0.3) is 5.56 Å². The van der Waals surface area contributed by atoms with Crippen LogP contribution in [0.2, 0.25) is 0 Å². The van der Waals surface area contributed by atoms with Crippen molar-refractivity contribution in [3.8, 4) is 0 Å². The molecule has 3 amide bonds. The van der Waals surface area contributed by atoms with Crippen LogP contribution in [-0.2, 0) is 17.9 Å². The van der Waals surface area contributed by atoms with Crippen molar-refractivity contribution in [2.24, 2.45) is 0 Å². The van der Waals surface area contributed by atoms with Gasteiger partial charge in [0.05, 0.1) is 36.0 Å². The van der Waals surface area contributed by atoms with Crippen molar-refractivity contribution in [2.75, 3.05) is 5.75 Å². The molecule has 3 heterocycles. The summed E-state index contributed by atoms with van der Waals surface area (Å²) in [5.41, 5.74) is 1.16. The fourth-order valence-electron chi connectivity index (χ4n) is 2.99. The van der Waals surface area contributed by atoms with E-state index >= 15 is 0 Å². The zero-order valence-electron chi connectivity index (χ0n) is 16.9. The van der Waals surface area contributed by atoms with Crippen molar-refractivity contribution in [3.05, 3.63) is 88.9 Å². The molecule has 2 N–H and O–H groups in total. The Hall–Kier alpha value is -3.92. The summed E-state index contributed by atoms with van der Waals surface area (Å²) >= 11 is 1.08. The molecule has 1 aromatic carbocycles. The first-order valence-corrected chi connectivity index (χ1v) is 10.7. The van der Waals surface area contributed by atoms with Gasteiger partial charge in [0.2, 0.25) is 5.91 Å². The molecule has 0 saturated heterocycles. The number of benzene rings is 1. The van der Waals surface area contributed by atoms with Gasteiger partial charge in [-0.15, -0.1) is 0 Å². The van der Waals surface area contributed by atoms with Gasteiger partial charge < -0.3 is 9.73 Å². The summed E-state index contributed by atoms with van der Waals surface area (Å²) in [7, 11) is 0. The molecule has 0 unspecified atom stereocenters. The molecule has 0 aliphatic rings. The van der Waals surface area contributed by atoms with Crippen molar-refractivity contribution >= 4 is 34.6 Å². The summed E-state index contributed by atoms with van der Waals surface area (Å²) in [5, 5.41) is 5.66. The van der Waals surface area contributed by atoms with Crippen molar-refractivity contribution < 1.29 is 14.0 Å². The number of urea groups is 1. The third kappa shape index (κ3) is 5.22. The Labute approximate surface area is 186 Å². The van der Waals surface area contributed by atoms with Crippen LogP contribution in [0.1, 0.15) is 11.3 Å². The standard InChI is InChI=1S/C22H19N5O4S/c28-19(26-21(30)24-12-16-6-4-10-31-16)14-32-22-25-18-8-2-1-7-17(18)20(29)27(22)13-15-5-3-9-23-11-15/h1-11H,12-14H2,(H2,24,26,28,30). The van der Waals surface area contributed by atoms with Crippen LogP contribution < -0.4 is 16.2 Å². The average molecular weight is 449 g/mol. The molecule has 9 nitrogen and oxygen atoms in total. The largest absolute Gasteiger partial charge is 0.467 e. The van der Waals surface area contributed by atoms with Crippen molar-refractivity contribution in [1.82, 2.24) is 25.2 Å². The molecule has 0 spiro atoms. The maximum Gasteiger partial charge on any atom is 0.321 e. The first-order valence-electron chi connectivity index (χ1n) is 9.71. The zero-order valence-corrected chi connectivity index (χ0v) is 17.7. The minimum absolute atomic E-state index is 0.0913. The average Bonchev–Trinajstić information content (AvgIpc) is 3.33. The predicted octanol–water partition coefficient (Wildman–Crippen LogP) is 2.55. The number of amides is 3. The van der Waals surface area contributed by atoms with Gasteiger partial charge in [-0.05, 0) is 35.9 Å². The first kappa shape index (κ1) is 21.3. The van der Waals surface area contributed by atoms with Crippen LogP contribution in [0.25, 0.3) is 10.9 Å². The number of aromatic nitrogens is 3. The molecule has 4 rings (SSSR count). The monoisotopic (exact) mass is 449 g/mol. The van der Waals surface area contributed by atoms with Gasteiger partial charge in [-0.1, -0.05) is 30.0 Å². The van der Waals surface area contributed by atoms with Gasteiger partial charge in [0.1, 0.15) is 5.76 Å². The predicted molar refractivity (Wildman–Crippen MR) is 119 cm³/mol. The lowest BCUT2D eigenvalue weighted by molar-refractivity contribution is -0.117. The van der Waals surface area contributed by atoms with Crippen LogP contribution in [-0.4, -0.2) is 32.2 Å². The molecule has 0 bridgehead atoms. The second-order valence-corrected chi connectivity index (χ2v) is 7.71. The van der Waals surface area contributed by atoms with Crippen LogP contribution in [0.15, 0.2) is 81.6 Å². The van der Waals surface area contributed by atoms with Gasteiger partial charge in [0, 0.05) is 12.4 Å². The SMILES string of the molecule is O=C(CSc1nc2ccccc2c(=O)n1Cc1cccnc1)NC(=O)NCc1ccco1. The number of pyridine rings is 1. The van der Waals surface area contributed by atoms with E-state index in [2.05, 4.69) is 20.6 Å². The second-order valence-electron chi connectivity index (χ2n) is 6.76. The summed E-state index contributed by atoms with van der Waals surface area (Å²) in [5.74, 6) is -0.0320. The van der Waals surface area contributed by atoms with Crippen LogP contribution in [0, 0.1) is 0 Å². The Morgan fingerprint density at radius 1 is 1.09 bits per heavy atom. The minimum Gasteiger partial charge on any atom is -0.467 e. The molecule has 3 aromatic heterocycles. The van der Waals surface area contributed by atoms with E-state index in [0.29, 0.717) is 21.8 Å². The van der Waals surface area contributed by atoms with E-state index in [4.69, 9.17) is 4.42 Å². The lowest BCUT2D eigenvalue weighted by Gasteiger charge is -2.13. The normalized spacial score (nSPS) is 10.8. The summed E-state index contributed by atoms with van der Waals surface area (Å²) < 4.78 is 6.63. The molecular weight excluding hydrogens is 430 g/mol. The Balaban J connectivity index is 1.47. The zero-order chi connectivity index (χ0) is 22.3. The van der Waals surface area contributed by atoms with Gasteiger partial charge in [-0.2, -0.15) is 0 Å². The second kappa shape index (κ2) is 9.92. The van der Waals surface area contributed by atoms with E-state index in [1.807, 2.05) is 6.07 Å². The van der Waals surface area contributed by atoms with Gasteiger partial charge in [-0.3, -0.25) is 24.5 Å². The van der Waals surface area contributed by atoms with E-state index in [9.17, 15) is 14.4 Å². The van der Waals surface area contributed by atoms with Gasteiger partial charge >= 0.3 is 6.03 Å². The Morgan fingerprint density at radius 3 is 2.75 bits per heavy atom. The number of para-hydroxylation sites is 1. The molecule has 0 radical (unpaired) electrons. The molecule has 0 atom stereocenters. The molecule has 10 heteroatoms. The smallest absolute Gasteiger partial charge is 0.321 e. The fraction of sp³-hybridized carbons (Fsp3) is 0.136. The number of imide groups is 1. The highest BCUT2D eigenvalue weighted by atomic mass is 32.2. The minimum atomic E-state index is -0.633. The molecule has 4 aromatic rings. The number of nitrogens with one attached hydrogen (secondary N) is 2. The summed E-state index contributed by atoms with van der Waals surface area (Å²) in [6, 6.07) is 13.5. The summed E-state index contributed by atoms with van der Waals surface area (Å²) in [4.78, 5) is 45.9. The number of fused-ring (bicyclic) bond motifs is 1. The number of hydrogen-bond acceptors (Lipinski definition) is 7. The third-order valence-corrected chi connectivity index (χ3v) is 5.46. The van der Waals surface area contributed by atoms with E-state index in [1.54, 1.807) is 54.9 Å². The lowest BCUT2D eigenvalue weighted by Crippen LogP contribution is -2.40. The maximum atomic E-state index is 13.1. The number of nitrogens with zero attached hydrogens (tertiary/aromatic N) is 3. The van der Waals surface area contributed by atoms with E-state index in [1.165, 1.54) is 10.8 Å². The quantitative estimate of drug-likeness (QED) is 0.329. The van der Waals surface area contributed by atoms with E-state index in [-0.39, 0.29) is 24.4 Å². The maximum absolute atomic E-state index is 13.1. The number of furan rings is 1. The number of carbonyl (C=O) groups excluding carboxylic acids is 2. The highest BCUT2D eigenvalue weighted by Gasteiger charge is 2.15. The molecule has 0 aliphatic heterocycles. The number of carbonyl (C=O) groups is 2. The van der Waals surface area contributed by atoms with Crippen molar-refractivity contribution in [1.29, 1.82) is 0 Å². The molecule has 162 valence electrons. The van der Waals surface area contributed by atoms with E-state index in [0.717, 1.165) is 17.3 Å². The summed E-state index contributed by atoms with van der Waals surface area (Å²) in [6.45, 7) is 0.425. The van der Waals surface area contributed by atoms with Crippen molar-refractivity contribution in [2.45, 2.75) is 18.2 Å². The fourth-order valence-corrected chi connectivity index (χ4v) is 3.79.